The number of rotatable bonds is 7. The molecule has 124 valence electrons. The van der Waals surface area contributed by atoms with Gasteiger partial charge in [-0.15, -0.1) is 0 Å². The summed E-state index contributed by atoms with van der Waals surface area (Å²) in [6.07, 6.45) is 0. The number of aromatic nitrogens is 1. The highest BCUT2D eigenvalue weighted by Gasteiger charge is 2.22. The Hall–Kier alpha value is -2.34. The zero-order valence-electron chi connectivity index (χ0n) is 13.9. The molecule has 1 aromatic carbocycles. The van der Waals surface area contributed by atoms with Crippen molar-refractivity contribution < 1.29 is 18.8 Å². The molecule has 23 heavy (non-hydrogen) atoms. The number of benzene rings is 1. The van der Waals surface area contributed by atoms with Crippen molar-refractivity contribution in [2.75, 3.05) is 20.8 Å². The summed E-state index contributed by atoms with van der Waals surface area (Å²) < 4.78 is 15.1. The van der Waals surface area contributed by atoms with Crippen molar-refractivity contribution in [3.8, 4) is 5.75 Å². The molecule has 0 fully saturated rings. The van der Waals surface area contributed by atoms with Crippen molar-refractivity contribution in [1.29, 1.82) is 0 Å². The molecule has 0 aliphatic heterocycles. The lowest BCUT2D eigenvalue weighted by Gasteiger charge is -2.25. The standard InChI is InChI=1S/C17H22N2O4/c1-17(2,12-5-7-13(22-4)8-6-12)11-18-16(20)15-9-14(10-21-3)23-19-15/h5-9H,10-11H2,1-4H3,(H,18,20). The highest BCUT2D eigenvalue weighted by atomic mass is 16.5. The number of amides is 1. The van der Waals surface area contributed by atoms with E-state index < -0.39 is 0 Å². The molecule has 0 spiro atoms. The van der Waals surface area contributed by atoms with Crippen LogP contribution in [0, 0.1) is 0 Å². The first kappa shape index (κ1) is 17.0. The second-order valence-electron chi connectivity index (χ2n) is 5.91. The number of carbonyl (C=O) groups excluding carboxylic acids is 1. The van der Waals surface area contributed by atoms with E-state index in [2.05, 4.69) is 24.3 Å². The molecule has 1 aromatic heterocycles. The first-order chi connectivity index (χ1) is 11.0. The molecular weight excluding hydrogens is 296 g/mol. The van der Waals surface area contributed by atoms with Crippen LogP contribution in [0.3, 0.4) is 0 Å². The average Bonchev–Trinajstić information content (AvgIpc) is 3.02. The summed E-state index contributed by atoms with van der Waals surface area (Å²) >= 11 is 0. The van der Waals surface area contributed by atoms with Gasteiger partial charge in [0.15, 0.2) is 11.5 Å². The SMILES string of the molecule is COCc1cc(C(=O)NCC(C)(C)c2ccc(OC)cc2)no1. The van der Waals surface area contributed by atoms with Gasteiger partial charge in [-0.2, -0.15) is 0 Å². The van der Waals surface area contributed by atoms with Crippen molar-refractivity contribution in [2.45, 2.75) is 25.9 Å². The monoisotopic (exact) mass is 318 g/mol. The van der Waals surface area contributed by atoms with Crippen molar-refractivity contribution in [3.05, 3.63) is 47.3 Å². The number of ether oxygens (including phenoxy) is 2. The molecule has 0 saturated heterocycles. The maximum absolute atomic E-state index is 12.1. The number of hydrogen-bond donors (Lipinski definition) is 1. The number of carbonyl (C=O) groups is 1. The smallest absolute Gasteiger partial charge is 0.273 e. The summed E-state index contributed by atoms with van der Waals surface area (Å²) in [7, 11) is 3.19. The van der Waals surface area contributed by atoms with Crippen LogP contribution in [0.25, 0.3) is 0 Å². The lowest BCUT2D eigenvalue weighted by molar-refractivity contribution is 0.0936. The minimum absolute atomic E-state index is 0.221. The Labute approximate surface area is 135 Å². The van der Waals surface area contributed by atoms with Crippen LogP contribution >= 0.6 is 0 Å². The van der Waals surface area contributed by atoms with Gasteiger partial charge in [0.1, 0.15) is 12.4 Å². The van der Waals surface area contributed by atoms with E-state index in [0.29, 0.717) is 12.3 Å². The summed E-state index contributed by atoms with van der Waals surface area (Å²) in [5.41, 5.74) is 1.14. The van der Waals surface area contributed by atoms with Crippen LogP contribution in [0.4, 0.5) is 0 Å². The molecule has 0 saturated carbocycles. The summed E-state index contributed by atoms with van der Waals surface area (Å²) in [6.45, 7) is 4.89. The van der Waals surface area contributed by atoms with E-state index in [1.54, 1.807) is 20.3 Å². The second-order valence-corrected chi connectivity index (χ2v) is 5.91. The highest BCUT2D eigenvalue weighted by Crippen LogP contribution is 2.24. The molecule has 0 radical (unpaired) electrons. The number of nitrogens with zero attached hydrogens (tertiary/aromatic N) is 1. The number of nitrogens with one attached hydrogen (secondary N) is 1. The van der Waals surface area contributed by atoms with E-state index in [-0.39, 0.29) is 23.6 Å². The Morgan fingerprint density at radius 3 is 2.57 bits per heavy atom. The molecular formula is C17H22N2O4. The molecule has 2 rings (SSSR count). The Kier molecular flexibility index (Phi) is 5.39. The van der Waals surface area contributed by atoms with Gasteiger partial charge in [-0.25, -0.2) is 0 Å². The van der Waals surface area contributed by atoms with Gasteiger partial charge in [0.25, 0.3) is 5.91 Å². The zero-order chi connectivity index (χ0) is 16.9. The second kappa shape index (κ2) is 7.28. The van der Waals surface area contributed by atoms with Gasteiger partial charge in [-0.05, 0) is 17.7 Å². The first-order valence-electron chi connectivity index (χ1n) is 7.33. The normalized spacial score (nSPS) is 11.3. The number of hydrogen-bond acceptors (Lipinski definition) is 5. The summed E-state index contributed by atoms with van der Waals surface area (Å²) in [5, 5.41) is 6.64. The fourth-order valence-electron chi connectivity index (χ4n) is 2.17. The van der Waals surface area contributed by atoms with Crippen molar-refractivity contribution in [2.24, 2.45) is 0 Å². The Balaban J connectivity index is 1.98. The van der Waals surface area contributed by atoms with Crippen LogP contribution in [0.5, 0.6) is 5.75 Å². The van der Waals surface area contributed by atoms with Crippen LogP contribution in [0.2, 0.25) is 0 Å². The van der Waals surface area contributed by atoms with Gasteiger partial charge in [-0.3, -0.25) is 4.79 Å². The fourth-order valence-corrected chi connectivity index (χ4v) is 2.17. The molecule has 1 heterocycles. The van der Waals surface area contributed by atoms with Crippen LogP contribution in [-0.2, 0) is 16.8 Å². The third-order valence-electron chi connectivity index (χ3n) is 3.64. The molecule has 0 bridgehead atoms. The lowest BCUT2D eigenvalue weighted by atomic mass is 9.84. The lowest BCUT2D eigenvalue weighted by Crippen LogP contribution is -2.36. The predicted octanol–water partition coefficient (Wildman–Crippen LogP) is 2.54. The molecule has 6 heteroatoms. The first-order valence-corrected chi connectivity index (χ1v) is 7.33. The molecule has 6 nitrogen and oxygen atoms in total. The van der Waals surface area contributed by atoms with Crippen LogP contribution in [0.1, 0.15) is 35.7 Å². The Bertz CT molecular complexity index is 647. The van der Waals surface area contributed by atoms with Gasteiger partial charge in [-0.1, -0.05) is 31.1 Å². The topological polar surface area (TPSA) is 73.6 Å². The van der Waals surface area contributed by atoms with E-state index in [0.717, 1.165) is 11.3 Å². The largest absolute Gasteiger partial charge is 0.497 e. The van der Waals surface area contributed by atoms with Crippen molar-refractivity contribution >= 4 is 5.91 Å². The summed E-state index contributed by atoms with van der Waals surface area (Å²) in [4.78, 5) is 12.1. The zero-order valence-corrected chi connectivity index (χ0v) is 13.9. The fraction of sp³-hybridized carbons (Fsp3) is 0.412. The van der Waals surface area contributed by atoms with E-state index in [9.17, 15) is 4.79 Å². The van der Waals surface area contributed by atoms with Crippen LogP contribution < -0.4 is 10.1 Å². The minimum atomic E-state index is -0.266. The van der Waals surface area contributed by atoms with Gasteiger partial charge in [0.05, 0.1) is 7.11 Å². The molecule has 0 unspecified atom stereocenters. The van der Waals surface area contributed by atoms with Gasteiger partial charge >= 0.3 is 0 Å². The molecule has 0 aliphatic rings. The maximum atomic E-state index is 12.1. The summed E-state index contributed by atoms with van der Waals surface area (Å²) in [6, 6.07) is 9.40. The third kappa shape index (κ3) is 4.32. The van der Waals surface area contributed by atoms with Crippen molar-refractivity contribution in [3.63, 3.8) is 0 Å². The van der Waals surface area contributed by atoms with Crippen LogP contribution in [0.15, 0.2) is 34.9 Å². The third-order valence-corrected chi connectivity index (χ3v) is 3.64. The van der Waals surface area contributed by atoms with Gasteiger partial charge < -0.3 is 19.3 Å². The van der Waals surface area contributed by atoms with Gasteiger partial charge in [0, 0.05) is 25.1 Å². The van der Waals surface area contributed by atoms with Crippen LogP contribution in [-0.4, -0.2) is 31.8 Å². The van der Waals surface area contributed by atoms with Crippen molar-refractivity contribution in [1.82, 2.24) is 10.5 Å². The van der Waals surface area contributed by atoms with E-state index in [1.807, 2.05) is 24.3 Å². The number of methoxy groups -OCH3 is 2. The van der Waals surface area contributed by atoms with E-state index in [4.69, 9.17) is 14.0 Å². The molecule has 0 atom stereocenters. The maximum Gasteiger partial charge on any atom is 0.273 e. The molecule has 1 N–H and O–H groups in total. The average molecular weight is 318 g/mol. The quantitative estimate of drug-likeness (QED) is 0.849. The minimum Gasteiger partial charge on any atom is -0.497 e. The Morgan fingerprint density at radius 2 is 1.96 bits per heavy atom. The van der Waals surface area contributed by atoms with E-state index in [1.165, 1.54) is 0 Å². The summed E-state index contributed by atoms with van der Waals surface area (Å²) in [5.74, 6) is 1.06. The molecule has 2 aromatic rings. The van der Waals surface area contributed by atoms with Gasteiger partial charge in [0.2, 0.25) is 0 Å². The Morgan fingerprint density at radius 1 is 1.26 bits per heavy atom. The molecule has 0 aliphatic carbocycles. The van der Waals surface area contributed by atoms with E-state index >= 15 is 0 Å². The molecule has 1 amide bonds. The predicted molar refractivity (Wildman–Crippen MR) is 85.6 cm³/mol. The highest BCUT2D eigenvalue weighted by molar-refractivity contribution is 5.92.